The molecule has 102 valence electrons. The Morgan fingerprint density at radius 2 is 2.15 bits per heavy atom. The van der Waals surface area contributed by atoms with Gasteiger partial charge in [-0.05, 0) is 37.1 Å². The maximum absolute atomic E-state index is 5.76. The molecule has 0 radical (unpaired) electrons. The molecule has 0 bridgehead atoms. The fourth-order valence-corrected chi connectivity index (χ4v) is 2.94. The van der Waals surface area contributed by atoms with E-state index < -0.39 is 0 Å². The number of nitrogen functional groups attached to an aromatic ring is 1. The van der Waals surface area contributed by atoms with Crippen molar-refractivity contribution in [3.63, 3.8) is 0 Å². The molecule has 0 amide bonds. The van der Waals surface area contributed by atoms with Gasteiger partial charge in [0.05, 0.1) is 5.39 Å². The minimum atomic E-state index is 0.296. The van der Waals surface area contributed by atoms with Crippen LogP contribution < -0.4 is 11.1 Å². The van der Waals surface area contributed by atoms with Crippen LogP contribution in [-0.2, 0) is 6.54 Å². The quantitative estimate of drug-likeness (QED) is 0.773. The summed E-state index contributed by atoms with van der Waals surface area (Å²) in [7, 11) is 0. The van der Waals surface area contributed by atoms with E-state index in [0.717, 1.165) is 21.6 Å². The Morgan fingerprint density at radius 1 is 1.30 bits per heavy atom. The second-order valence-corrected chi connectivity index (χ2v) is 5.90. The molecule has 0 spiro atoms. The van der Waals surface area contributed by atoms with Crippen LogP contribution in [0.15, 0.2) is 24.5 Å². The van der Waals surface area contributed by atoms with Crippen LogP contribution in [0, 0.1) is 13.8 Å². The summed E-state index contributed by atoms with van der Waals surface area (Å²) in [5, 5.41) is 4.35. The topological polar surface area (TPSA) is 76.7 Å². The van der Waals surface area contributed by atoms with Crippen LogP contribution in [-0.4, -0.2) is 15.0 Å². The number of thiophene rings is 1. The first-order valence-electron chi connectivity index (χ1n) is 6.30. The predicted octanol–water partition coefficient (Wildman–Crippen LogP) is 2.90. The zero-order chi connectivity index (χ0) is 14.1. The van der Waals surface area contributed by atoms with Gasteiger partial charge in [-0.15, -0.1) is 11.3 Å². The van der Waals surface area contributed by atoms with Crippen LogP contribution in [0.1, 0.15) is 16.0 Å². The van der Waals surface area contributed by atoms with Gasteiger partial charge >= 0.3 is 0 Å². The number of fused-ring (bicyclic) bond motifs is 1. The largest absolute Gasteiger partial charge is 0.368 e. The van der Waals surface area contributed by atoms with E-state index >= 15 is 0 Å². The molecule has 0 aliphatic carbocycles. The van der Waals surface area contributed by atoms with Gasteiger partial charge in [-0.2, -0.15) is 4.98 Å². The third-order valence-corrected chi connectivity index (χ3v) is 4.07. The number of anilines is 2. The summed E-state index contributed by atoms with van der Waals surface area (Å²) in [6.45, 7) is 4.79. The van der Waals surface area contributed by atoms with Crippen molar-refractivity contribution in [2.24, 2.45) is 0 Å². The van der Waals surface area contributed by atoms with E-state index in [2.05, 4.69) is 40.2 Å². The lowest BCUT2D eigenvalue weighted by molar-refractivity contribution is 1.06. The van der Waals surface area contributed by atoms with Gasteiger partial charge in [-0.25, -0.2) is 4.98 Å². The molecule has 0 aliphatic heterocycles. The molecule has 3 heterocycles. The number of nitrogens with zero attached hydrogens (tertiary/aromatic N) is 3. The SMILES string of the molecule is Cc1cc2c(NCc3cnccc3C)nc(N)nc2s1. The Bertz CT molecular complexity index is 765. The molecule has 3 aromatic heterocycles. The van der Waals surface area contributed by atoms with E-state index in [1.54, 1.807) is 17.5 Å². The van der Waals surface area contributed by atoms with Crippen molar-refractivity contribution in [1.82, 2.24) is 15.0 Å². The zero-order valence-corrected chi connectivity index (χ0v) is 12.2. The van der Waals surface area contributed by atoms with Crippen molar-refractivity contribution in [2.45, 2.75) is 20.4 Å². The lowest BCUT2D eigenvalue weighted by Gasteiger charge is -2.09. The molecule has 0 atom stereocenters. The van der Waals surface area contributed by atoms with Gasteiger partial charge in [-0.3, -0.25) is 4.98 Å². The van der Waals surface area contributed by atoms with Crippen molar-refractivity contribution in [3.05, 3.63) is 40.5 Å². The number of nitrogens with one attached hydrogen (secondary N) is 1. The van der Waals surface area contributed by atoms with E-state index in [-0.39, 0.29) is 0 Å². The van der Waals surface area contributed by atoms with Gasteiger partial charge in [0.15, 0.2) is 0 Å². The molecule has 0 fully saturated rings. The minimum absolute atomic E-state index is 0.296. The van der Waals surface area contributed by atoms with E-state index in [9.17, 15) is 0 Å². The highest BCUT2D eigenvalue weighted by Crippen LogP contribution is 2.29. The highest BCUT2D eigenvalue weighted by molar-refractivity contribution is 7.18. The maximum Gasteiger partial charge on any atom is 0.223 e. The molecule has 0 aliphatic rings. The number of pyridine rings is 1. The highest BCUT2D eigenvalue weighted by atomic mass is 32.1. The average molecular weight is 285 g/mol. The van der Waals surface area contributed by atoms with Gasteiger partial charge in [0, 0.05) is 23.8 Å². The minimum Gasteiger partial charge on any atom is -0.368 e. The Kier molecular flexibility index (Phi) is 3.23. The summed E-state index contributed by atoms with van der Waals surface area (Å²) in [5.41, 5.74) is 8.11. The monoisotopic (exact) mass is 285 g/mol. The maximum atomic E-state index is 5.76. The molecular weight excluding hydrogens is 270 g/mol. The summed E-state index contributed by atoms with van der Waals surface area (Å²) in [5.74, 6) is 1.07. The van der Waals surface area contributed by atoms with Crippen molar-refractivity contribution in [3.8, 4) is 0 Å². The van der Waals surface area contributed by atoms with Crippen LogP contribution in [0.4, 0.5) is 11.8 Å². The molecule has 3 N–H and O–H groups in total. The summed E-state index contributed by atoms with van der Waals surface area (Å²) in [6.07, 6.45) is 3.66. The molecule has 6 heteroatoms. The van der Waals surface area contributed by atoms with E-state index in [4.69, 9.17) is 5.73 Å². The van der Waals surface area contributed by atoms with E-state index in [0.29, 0.717) is 12.5 Å². The van der Waals surface area contributed by atoms with Gasteiger partial charge in [0.1, 0.15) is 10.6 Å². The molecular formula is C14H15N5S. The van der Waals surface area contributed by atoms with Crippen LogP contribution in [0.5, 0.6) is 0 Å². The molecule has 0 unspecified atom stereocenters. The number of aryl methyl sites for hydroxylation is 2. The lowest BCUT2D eigenvalue weighted by atomic mass is 10.1. The second-order valence-electron chi connectivity index (χ2n) is 4.66. The molecule has 3 rings (SSSR count). The van der Waals surface area contributed by atoms with E-state index in [1.807, 2.05) is 12.3 Å². The summed E-state index contributed by atoms with van der Waals surface area (Å²) in [4.78, 5) is 14.8. The second kappa shape index (κ2) is 5.05. The number of rotatable bonds is 3. The molecule has 5 nitrogen and oxygen atoms in total. The van der Waals surface area contributed by atoms with Crippen molar-refractivity contribution >= 4 is 33.3 Å². The summed E-state index contributed by atoms with van der Waals surface area (Å²) >= 11 is 1.62. The van der Waals surface area contributed by atoms with Crippen molar-refractivity contribution in [1.29, 1.82) is 0 Å². The first-order valence-corrected chi connectivity index (χ1v) is 7.12. The predicted molar refractivity (Wildman–Crippen MR) is 82.9 cm³/mol. The smallest absolute Gasteiger partial charge is 0.223 e. The fraction of sp³-hybridized carbons (Fsp3) is 0.214. The molecule has 0 saturated heterocycles. The van der Waals surface area contributed by atoms with Gasteiger partial charge in [0.2, 0.25) is 5.95 Å². The molecule has 20 heavy (non-hydrogen) atoms. The Balaban J connectivity index is 1.93. The van der Waals surface area contributed by atoms with Gasteiger partial charge < -0.3 is 11.1 Å². The first kappa shape index (κ1) is 12.8. The summed E-state index contributed by atoms with van der Waals surface area (Å²) in [6, 6.07) is 4.08. The van der Waals surface area contributed by atoms with E-state index in [1.165, 1.54) is 10.4 Å². The number of nitrogens with two attached hydrogens (primary N) is 1. The van der Waals surface area contributed by atoms with Gasteiger partial charge in [0.25, 0.3) is 0 Å². The van der Waals surface area contributed by atoms with Crippen molar-refractivity contribution < 1.29 is 0 Å². The lowest BCUT2D eigenvalue weighted by Crippen LogP contribution is -2.06. The Morgan fingerprint density at radius 3 is 2.95 bits per heavy atom. The molecule has 0 saturated carbocycles. The Hall–Kier alpha value is -2.21. The third-order valence-electron chi connectivity index (χ3n) is 3.13. The molecule has 0 aromatic carbocycles. The third kappa shape index (κ3) is 2.42. The zero-order valence-electron chi connectivity index (χ0n) is 11.3. The van der Waals surface area contributed by atoms with Crippen molar-refractivity contribution in [2.75, 3.05) is 11.1 Å². The standard InChI is InChI=1S/C14H15N5S/c1-8-3-4-16-6-10(8)7-17-12-11-5-9(2)20-13(11)19-14(15)18-12/h3-6H,7H2,1-2H3,(H3,15,17,18,19). The number of aromatic nitrogens is 3. The Labute approximate surface area is 120 Å². The average Bonchev–Trinajstić information content (AvgIpc) is 2.77. The van der Waals surface area contributed by atoms with Gasteiger partial charge in [-0.1, -0.05) is 0 Å². The normalized spacial score (nSPS) is 10.9. The number of hydrogen-bond acceptors (Lipinski definition) is 6. The van der Waals surface area contributed by atoms with Crippen LogP contribution in [0.2, 0.25) is 0 Å². The first-order chi connectivity index (χ1) is 9.63. The summed E-state index contributed by atoms with van der Waals surface area (Å²) < 4.78 is 0. The number of hydrogen-bond donors (Lipinski definition) is 2. The van der Waals surface area contributed by atoms with Crippen LogP contribution in [0.3, 0.4) is 0 Å². The fourth-order valence-electron chi connectivity index (χ4n) is 2.05. The highest BCUT2D eigenvalue weighted by Gasteiger charge is 2.09. The molecule has 3 aromatic rings. The van der Waals surface area contributed by atoms with Crippen LogP contribution in [0.25, 0.3) is 10.2 Å². The van der Waals surface area contributed by atoms with Crippen LogP contribution >= 0.6 is 11.3 Å².